The first kappa shape index (κ1) is 16.7. The fourth-order valence-corrected chi connectivity index (χ4v) is 2.30. The van der Waals surface area contributed by atoms with Gasteiger partial charge < -0.3 is 15.1 Å². The van der Waals surface area contributed by atoms with Crippen molar-refractivity contribution in [3.05, 3.63) is 66.2 Å². The van der Waals surface area contributed by atoms with Gasteiger partial charge in [0.2, 0.25) is 0 Å². The van der Waals surface area contributed by atoms with Crippen molar-refractivity contribution in [2.45, 2.75) is 26.4 Å². The van der Waals surface area contributed by atoms with E-state index >= 15 is 0 Å². The maximum atomic E-state index is 12.4. The molecule has 2 aromatic heterocycles. The van der Waals surface area contributed by atoms with Crippen molar-refractivity contribution in [3.63, 3.8) is 0 Å². The van der Waals surface area contributed by atoms with Crippen LogP contribution in [-0.4, -0.2) is 21.9 Å². The van der Waals surface area contributed by atoms with Crippen molar-refractivity contribution in [3.8, 4) is 11.4 Å². The zero-order valence-corrected chi connectivity index (χ0v) is 14.2. The van der Waals surface area contributed by atoms with E-state index in [4.69, 9.17) is 4.42 Å². The van der Waals surface area contributed by atoms with Crippen molar-refractivity contribution in [2.24, 2.45) is 0 Å². The van der Waals surface area contributed by atoms with Gasteiger partial charge in [0, 0.05) is 17.7 Å². The molecule has 1 amide bonds. The second-order valence-electron chi connectivity index (χ2n) is 5.89. The fourth-order valence-electron chi connectivity index (χ4n) is 2.30. The number of nitrogens with zero attached hydrogens (tertiary/aromatic N) is 2. The SMILES string of the molecule is CC(C)NC(=O)c1cc(NCc2ccco2)nc(-c2ccccc2)n1. The number of hydrogen-bond donors (Lipinski definition) is 2. The first-order valence-corrected chi connectivity index (χ1v) is 8.13. The Morgan fingerprint density at radius 3 is 2.60 bits per heavy atom. The third-order valence-corrected chi connectivity index (χ3v) is 3.43. The summed E-state index contributed by atoms with van der Waals surface area (Å²) in [5.74, 6) is 1.63. The third kappa shape index (κ3) is 4.44. The Labute approximate surface area is 146 Å². The molecule has 0 saturated carbocycles. The molecule has 128 valence electrons. The molecule has 1 aromatic carbocycles. The lowest BCUT2D eigenvalue weighted by molar-refractivity contribution is 0.0938. The Hall–Kier alpha value is -3.15. The zero-order valence-electron chi connectivity index (χ0n) is 14.2. The summed E-state index contributed by atoms with van der Waals surface area (Å²) < 4.78 is 5.32. The molecule has 25 heavy (non-hydrogen) atoms. The number of benzene rings is 1. The van der Waals surface area contributed by atoms with E-state index in [9.17, 15) is 4.79 Å². The summed E-state index contributed by atoms with van der Waals surface area (Å²) >= 11 is 0. The smallest absolute Gasteiger partial charge is 0.270 e. The summed E-state index contributed by atoms with van der Waals surface area (Å²) in [7, 11) is 0. The van der Waals surface area contributed by atoms with Crippen LogP contribution >= 0.6 is 0 Å². The highest BCUT2D eigenvalue weighted by molar-refractivity contribution is 5.93. The lowest BCUT2D eigenvalue weighted by Crippen LogP contribution is -2.31. The van der Waals surface area contributed by atoms with Gasteiger partial charge in [-0.1, -0.05) is 30.3 Å². The van der Waals surface area contributed by atoms with Crippen molar-refractivity contribution < 1.29 is 9.21 Å². The first-order valence-electron chi connectivity index (χ1n) is 8.13. The molecule has 6 nitrogen and oxygen atoms in total. The Morgan fingerprint density at radius 2 is 1.92 bits per heavy atom. The van der Waals surface area contributed by atoms with E-state index in [1.54, 1.807) is 12.3 Å². The lowest BCUT2D eigenvalue weighted by Gasteiger charge is -2.11. The molecule has 0 aliphatic rings. The number of aromatic nitrogens is 2. The standard InChI is InChI=1S/C19H20N4O2/c1-13(2)21-19(24)16-11-17(20-12-15-9-6-10-25-15)23-18(22-16)14-7-4-3-5-8-14/h3-11,13H,12H2,1-2H3,(H,21,24)(H,20,22,23). The van der Waals surface area contributed by atoms with E-state index in [0.717, 1.165) is 11.3 Å². The number of hydrogen-bond acceptors (Lipinski definition) is 5. The molecule has 3 rings (SSSR count). The number of amides is 1. The van der Waals surface area contributed by atoms with Gasteiger partial charge in [-0.2, -0.15) is 0 Å². The highest BCUT2D eigenvalue weighted by Gasteiger charge is 2.14. The summed E-state index contributed by atoms with van der Waals surface area (Å²) in [5.41, 5.74) is 1.17. The average Bonchev–Trinajstić information content (AvgIpc) is 3.13. The van der Waals surface area contributed by atoms with Gasteiger partial charge >= 0.3 is 0 Å². The number of nitrogens with one attached hydrogen (secondary N) is 2. The van der Waals surface area contributed by atoms with Gasteiger partial charge in [0.05, 0.1) is 12.8 Å². The predicted octanol–water partition coefficient (Wildman–Crippen LogP) is 3.49. The Balaban J connectivity index is 1.91. The van der Waals surface area contributed by atoms with Crippen molar-refractivity contribution in [1.29, 1.82) is 0 Å². The molecular weight excluding hydrogens is 316 g/mol. The van der Waals surface area contributed by atoms with Crippen LogP contribution in [0.5, 0.6) is 0 Å². The number of carbonyl (C=O) groups is 1. The Morgan fingerprint density at radius 1 is 1.12 bits per heavy atom. The quantitative estimate of drug-likeness (QED) is 0.720. The molecule has 0 saturated heterocycles. The molecule has 2 heterocycles. The Kier molecular flexibility index (Phi) is 5.09. The van der Waals surface area contributed by atoms with E-state index in [-0.39, 0.29) is 11.9 Å². The summed E-state index contributed by atoms with van der Waals surface area (Å²) in [4.78, 5) is 21.3. The van der Waals surface area contributed by atoms with Gasteiger partial charge in [-0.3, -0.25) is 4.79 Å². The molecular formula is C19H20N4O2. The first-order chi connectivity index (χ1) is 12.1. The highest BCUT2D eigenvalue weighted by atomic mass is 16.3. The minimum atomic E-state index is -0.226. The predicted molar refractivity (Wildman–Crippen MR) is 96.1 cm³/mol. The van der Waals surface area contributed by atoms with E-state index in [0.29, 0.717) is 23.9 Å². The largest absolute Gasteiger partial charge is 0.467 e. The van der Waals surface area contributed by atoms with Crippen molar-refractivity contribution in [2.75, 3.05) is 5.32 Å². The molecule has 2 N–H and O–H groups in total. The van der Waals surface area contributed by atoms with Crippen molar-refractivity contribution in [1.82, 2.24) is 15.3 Å². The van der Waals surface area contributed by atoms with Gasteiger partial charge in [0.25, 0.3) is 5.91 Å². The van der Waals surface area contributed by atoms with E-state index in [1.165, 1.54) is 0 Å². The third-order valence-electron chi connectivity index (χ3n) is 3.43. The van der Waals surface area contributed by atoms with Crippen LogP contribution in [0.25, 0.3) is 11.4 Å². The Bertz CT molecular complexity index is 830. The number of anilines is 1. The molecule has 0 unspecified atom stereocenters. The fraction of sp³-hybridized carbons (Fsp3) is 0.211. The van der Waals surface area contributed by atoms with E-state index < -0.39 is 0 Å². The molecule has 3 aromatic rings. The number of carbonyl (C=O) groups excluding carboxylic acids is 1. The van der Waals surface area contributed by atoms with Crippen LogP contribution in [0.1, 0.15) is 30.1 Å². The molecule has 6 heteroatoms. The van der Waals surface area contributed by atoms with Crippen molar-refractivity contribution >= 4 is 11.7 Å². The summed E-state index contributed by atoms with van der Waals surface area (Å²) in [5, 5.41) is 6.04. The van der Waals surface area contributed by atoms with Gasteiger partial charge in [0.15, 0.2) is 5.82 Å². The monoisotopic (exact) mass is 336 g/mol. The van der Waals surface area contributed by atoms with Crippen LogP contribution in [0.4, 0.5) is 5.82 Å². The van der Waals surface area contributed by atoms with Crippen LogP contribution in [0, 0.1) is 0 Å². The second kappa shape index (κ2) is 7.61. The van der Waals surface area contributed by atoms with E-state index in [2.05, 4.69) is 20.6 Å². The zero-order chi connectivity index (χ0) is 17.6. The topological polar surface area (TPSA) is 80.0 Å². The second-order valence-corrected chi connectivity index (χ2v) is 5.89. The van der Waals surface area contributed by atoms with Gasteiger partial charge in [-0.25, -0.2) is 9.97 Å². The van der Waals surface area contributed by atoms with Gasteiger partial charge in [-0.05, 0) is 26.0 Å². The number of furan rings is 1. The molecule has 0 atom stereocenters. The minimum absolute atomic E-state index is 0.0298. The number of rotatable bonds is 6. The summed E-state index contributed by atoms with van der Waals surface area (Å²) in [6, 6.07) is 15.0. The molecule has 0 bridgehead atoms. The maximum absolute atomic E-state index is 12.4. The highest BCUT2D eigenvalue weighted by Crippen LogP contribution is 2.18. The van der Waals surface area contributed by atoms with Crippen LogP contribution in [0.3, 0.4) is 0 Å². The van der Waals surface area contributed by atoms with Gasteiger partial charge in [0.1, 0.15) is 17.3 Å². The molecule has 0 aliphatic heterocycles. The molecule has 0 radical (unpaired) electrons. The maximum Gasteiger partial charge on any atom is 0.270 e. The van der Waals surface area contributed by atoms with Gasteiger partial charge in [-0.15, -0.1) is 0 Å². The minimum Gasteiger partial charge on any atom is -0.467 e. The molecule has 0 spiro atoms. The molecule has 0 aliphatic carbocycles. The summed E-state index contributed by atoms with van der Waals surface area (Å²) in [6.07, 6.45) is 1.62. The lowest BCUT2D eigenvalue weighted by atomic mass is 10.2. The summed E-state index contributed by atoms with van der Waals surface area (Å²) in [6.45, 7) is 4.30. The van der Waals surface area contributed by atoms with Crippen LogP contribution in [0.2, 0.25) is 0 Å². The van der Waals surface area contributed by atoms with E-state index in [1.807, 2.05) is 56.3 Å². The van der Waals surface area contributed by atoms with Crippen LogP contribution in [-0.2, 0) is 6.54 Å². The van der Waals surface area contributed by atoms with Crippen LogP contribution < -0.4 is 10.6 Å². The normalized spacial score (nSPS) is 10.7. The average molecular weight is 336 g/mol. The molecule has 0 fully saturated rings. The van der Waals surface area contributed by atoms with Crippen LogP contribution in [0.15, 0.2) is 59.2 Å².